The minimum Gasteiger partial charge on any atom is -0.393 e. The first-order valence-corrected chi connectivity index (χ1v) is 9.41. The van der Waals surface area contributed by atoms with Crippen LogP contribution in [-0.2, 0) is 6.54 Å². The second-order valence-corrected chi connectivity index (χ2v) is 8.40. The second kappa shape index (κ2) is 7.32. The lowest BCUT2D eigenvalue weighted by atomic mass is 10.0. The number of rotatable bonds is 5. The highest BCUT2D eigenvalue weighted by atomic mass is 35.5. The average Bonchev–Trinajstić information content (AvgIpc) is 3.08. The minimum absolute atomic E-state index is 0.230. The third kappa shape index (κ3) is 4.03. The van der Waals surface area contributed by atoms with Gasteiger partial charge in [0.2, 0.25) is 0 Å². The van der Waals surface area contributed by atoms with E-state index < -0.39 is 0 Å². The van der Waals surface area contributed by atoms with Crippen LogP contribution in [0.15, 0.2) is 39.6 Å². The van der Waals surface area contributed by atoms with Crippen molar-refractivity contribution in [1.29, 1.82) is 0 Å². The maximum atomic E-state index is 9.69. The molecule has 0 radical (unpaired) electrons. The summed E-state index contributed by atoms with van der Waals surface area (Å²) >= 11 is 9.62. The Morgan fingerprint density at radius 2 is 2.23 bits per heavy atom. The van der Waals surface area contributed by atoms with Gasteiger partial charge in [0, 0.05) is 18.0 Å². The van der Waals surface area contributed by atoms with E-state index in [2.05, 4.69) is 22.0 Å². The highest BCUT2D eigenvalue weighted by Gasteiger charge is 2.27. The molecule has 2 heterocycles. The molecule has 1 aliphatic heterocycles. The molecule has 3 rings (SSSR count). The first kappa shape index (κ1) is 16.3. The Bertz CT molecular complexity index is 618. The van der Waals surface area contributed by atoms with Gasteiger partial charge in [-0.2, -0.15) is 0 Å². The van der Waals surface area contributed by atoms with E-state index in [-0.39, 0.29) is 6.10 Å². The van der Waals surface area contributed by atoms with Gasteiger partial charge in [-0.15, -0.1) is 11.3 Å². The van der Waals surface area contributed by atoms with E-state index in [0.717, 1.165) is 35.3 Å². The van der Waals surface area contributed by atoms with Gasteiger partial charge in [0.25, 0.3) is 0 Å². The van der Waals surface area contributed by atoms with Gasteiger partial charge in [0.1, 0.15) is 5.15 Å². The summed E-state index contributed by atoms with van der Waals surface area (Å²) in [5, 5.41) is 10.3. The standard InChI is InChI=1S/C16H19ClN2OS2/c1-11(20)12-7-8-19(9-12)10-14-15(17)18-16(22-14)21-13-5-3-2-4-6-13/h2-6,11-12,20H,7-10H2,1H3. The van der Waals surface area contributed by atoms with E-state index in [1.807, 2.05) is 25.1 Å². The number of aromatic nitrogens is 1. The molecule has 2 aromatic rings. The molecule has 0 amide bonds. The van der Waals surface area contributed by atoms with Gasteiger partial charge < -0.3 is 5.11 Å². The van der Waals surface area contributed by atoms with Crippen molar-refractivity contribution in [3.63, 3.8) is 0 Å². The van der Waals surface area contributed by atoms with Crippen molar-refractivity contribution in [1.82, 2.24) is 9.88 Å². The summed E-state index contributed by atoms with van der Waals surface area (Å²) in [6.45, 7) is 4.66. The quantitative estimate of drug-likeness (QED) is 0.875. The van der Waals surface area contributed by atoms with Crippen molar-refractivity contribution in [3.8, 4) is 0 Å². The van der Waals surface area contributed by atoms with Crippen molar-refractivity contribution < 1.29 is 5.11 Å². The summed E-state index contributed by atoms with van der Waals surface area (Å²) in [6.07, 6.45) is 0.825. The van der Waals surface area contributed by atoms with E-state index in [1.54, 1.807) is 23.1 Å². The Morgan fingerprint density at radius 1 is 1.45 bits per heavy atom. The molecule has 2 atom stereocenters. The number of nitrogens with zero attached hydrogens (tertiary/aromatic N) is 2. The third-order valence-electron chi connectivity index (χ3n) is 3.94. The molecular formula is C16H19ClN2OS2. The zero-order valence-electron chi connectivity index (χ0n) is 12.4. The Balaban J connectivity index is 1.63. The Hall–Kier alpha value is -0.590. The minimum atomic E-state index is -0.230. The lowest BCUT2D eigenvalue weighted by Crippen LogP contribution is -2.23. The van der Waals surface area contributed by atoms with Gasteiger partial charge >= 0.3 is 0 Å². The first-order chi connectivity index (χ1) is 10.6. The van der Waals surface area contributed by atoms with Crippen LogP contribution in [0.4, 0.5) is 0 Å². The van der Waals surface area contributed by atoms with Gasteiger partial charge in [-0.1, -0.05) is 41.6 Å². The van der Waals surface area contributed by atoms with E-state index >= 15 is 0 Å². The highest BCUT2D eigenvalue weighted by Crippen LogP contribution is 2.36. The molecule has 1 saturated heterocycles. The molecule has 0 bridgehead atoms. The fourth-order valence-corrected chi connectivity index (χ4v) is 5.12. The number of hydrogen-bond donors (Lipinski definition) is 1. The van der Waals surface area contributed by atoms with Crippen LogP contribution in [0.5, 0.6) is 0 Å². The first-order valence-electron chi connectivity index (χ1n) is 7.40. The molecular weight excluding hydrogens is 336 g/mol. The smallest absolute Gasteiger partial charge is 0.156 e. The number of aliphatic hydroxyl groups is 1. The van der Waals surface area contributed by atoms with Crippen molar-refractivity contribution >= 4 is 34.7 Å². The topological polar surface area (TPSA) is 36.4 Å². The molecule has 1 N–H and O–H groups in total. The summed E-state index contributed by atoms with van der Waals surface area (Å²) in [4.78, 5) is 9.12. The molecule has 2 unspecified atom stereocenters. The molecule has 3 nitrogen and oxygen atoms in total. The van der Waals surface area contributed by atoms with Crippen LogP contribution in [0.2, 0.25) is 5.15 Å². The van der Waals surface area contributed by atoms with Crippen LogP contribution in [0.25, 0.3) is 0 Å². The molecule has 118 valence electrons. The maximum Gasteiger partial charge on any atom is 0.156 e. The van der Waals surface area contributed by atoms with E-state index in [9.17, 15) is 5.11 Å². The van der Waals surface area contributed by atoms with Gasteiger partial charge in [-0.3, -0.25) is 4.90 Å². The lowest BCUT2D eigenvalue weighted by molar-refractivity contribution is 0.127. The van der Waals surface area contributed by atoms with Gasteiger partial charge in [0.15, 0.2) is 4.34 Å². The molecule has 1 aliphatic rings. The van der Waals surface area contributed by atoms with E-state index in [4.69, 9.17) is 11.6 Å². The van der Waals surface area contributed by atoms with Crippen molar-refractivity contribution in [2.45, 2.75) is 35.2 Å². The molecule has 6 heteroatoms. The van der Waals surface area contributed by atoms with Crippen LogP contribution < -0.4 is 0 Å². The van der Waals surface area contributed by atoms with Crippen LogP contribution in [-0.4, -0.2) is 34.2 Å². The molecule has 0 spiro atoms. The van der Waals surface area contributed by atoms with E-state index in [1.165, 1.54) is 4.90 Å². The molecule has 0 aliphatic carbocycles. The fourth-order valence-electron chi connectivity index (χ4n) is 2.65. The number of hydrogen-bond acceptors (Lipinski definition) is 5. The van der Waals surface area contributed by atoms with Crippen molar-refractivity contribution in [2.75, 3.05) is 13.1 Å². The fraction of sp³-hybridized carbons (Fsp3) is 0.438. The normalized spacial score (nSPS) is 20.4. The SMILES string of the molecule is CC(O)C1CCN(Cc2sc(Sc3ccccc3)nc2Cl)C1. The number of aliphatic hydroxyl groups excluding tert-OH is 1. The Labute approximate surface area is 144 Å². The summed E-state index contributed by atoms with van der Waals surface area (Å²) in [6, 6.07) is 10.2. The number of likely N-dealkylation sites (tertiary alicyclic amines) is 1. The lowest BCUT2D eigenvalue weighted by Gasteiger charge is -2.16. The van der Waals surface area contributed by atoms with Crippen LogP contribution >= 0.6 is 34.7 Å². The van der Waals surface area contributed by atoms with Gasteiger partial charge in [-0.05, 0) is 37.9 Å². The summed E-state index contributed by atoms with van der Waals surface area (Å²) in [7, 11) is 0. The Kier molecular flexibility index (Phi) is 5.42. The monoisotopic (exact) mass is 354 g/mol. The molecule has 1 fully saturated rings. The zero-order chi connectivity index (χ0) is 15.5. The van der Waals surface area contributed by atoms with Gasteiger partial charge in [-0.25, -0.2) is 4.98 Å². The molecule has 1 aromatic carbocycles. The molecule has 22 heavy (non-hydrogen) atoms. The zero-order valence-corrected chi connectivity index (χ0v) is 14.8. The summed E-state index contributed by atoms with van der Waals surface area (Å²) < 4.78 is 0.984. The molecule has 0 saturated carbocycles. The summed E-state index contributed by atoms with van der Waals surface area (Å²) in [5.41, 5.74) is 0. The highest BCUT2D eigenvalue weighted by molar-refractivity contribution is 8.01. The number of benzene rings is 1. The van der Waals surface area contributed by atoms with Crippen LogP contribution in [0.3, 0.4) is 0 Å². The molecule has 1 aromatic heterocycles. The average molecular weight is 355 g/mol. The van der Waals surface area contributed by atoms with Gasteiger partial charge in [0.05, 0.1) is 11.0 Å². The Morgan fingerprint density at radius 3 is 2.91 bits per heavy atom. The summed E-state index contributed by atoms with van der Waals surface area (Å²) in [5.74, 6) is 0.380. The predicted octanol–water partition coefficient (Wildman–Crippen LogP) is 4.15. The number of thiazole rings is 1. The van der Waals surface area contributed by atoms with E-state index in [0.29, 0.717) is 11.1 Å². The van der Waals surface area contributed by atoms with Crippen LogP contribution in [0.1, 0.15) is 18.2 Å². The largest absolute Gasteiger partial charge is 0.393 e. The van der Waals surface area contributed by atoms with Crippen molar-refractivity contribution in [2.24, 2.45) is 5.92 Å². The second-order valence-electron chi connectivity index (χ2n) is 5.63. The van der Waals surface area contributed by atoms with Crippen molar-refractivity contribution in [3.05, 3.63) is 40.4 Å². The third-order valence-corrected chi connectivity index (χ3v) is 6.47. The number of halogens is 1. The predicted molar refractivity (Wildman–Crippen MR) is 92.8 cm³/mol. The maximum absolute atomic E-state index is 9.69. The van der Waals surface area contributed by atoms with Crippen LogP contribution in [0, 0.1) is 5.92 Å².